The molecule has 0 aliphatic rings. The summed E-state index contributed by atoms with van der Waals surface area (Å²) in [5.74, 6) is 0.202. The third-order valence-corrected chi connectivity index (χ3v) is 3.02. The Morgan fingerprint density at radius 1 is 1.32 bits per heavy atom. The molecule has 19 heavy (non-hydrogen) atoms. The molecule has 1 heterocycles. The standard InChI is InChI=1S/C14H26N4O/c1-12(2)14(19)16-8-4-7-15-13(3)6-11-18-10-5-9-17-18/h5,9-10,12-13,15H,4,6-8,11H2,1-3H3,(H,16,19)/t13-/m1/s1. The number of aromatic nitrogens is 2. The van der Waals surface area contributed by atoms with Crippen molar-refractivity contribution < 1.29 is 4.79 Å². The highest BCUT2D eigenvalue weighted by molar-refractivity contribution is 5.77. The molecule has 0 saturated carbocycles. The van der Waals surface area contributed by atoms with Crippen molar-refractivity contribution in [2.45, 2.75) is 46.2 Å². The first-order chi connectivity index (χ1) is 9.09. The predicted molar refractivity (Wildman–Crippen MR) is 76.8 cm³/mol. The topological polar surface area (TPSA) is 59.0 Å². The average molecular weight is 266 g/mol. The van der Waals surface area contributed by atoms with Crippen molar-refractivity contribution in [3.05, 3.63) is 18.5 Å². The summed E-state index contributed by atoms with van der Waals surface area (Å²) in [7, 11) is 0. The molecule has 0 aliphatic heterocycles. The number of aryl methyl sites for hydroxylation is 1. The number of amides is 1. The van der Waals surface area contributed by atoms with Crippen LogP contribution in [0.25, 0.3) is 0 Å². The molecule has 1 aromatic heterocycles. The van der Waals surface area contributed by atoms with Crippen molar-refractivity contribution in [3.8, 4) is 0 Å². The fraction of sp³-hybridized carbons (Fsp3) is 0.714. The highest BCUT2D eigenvalue weighted by Gasteiger charge is 2.05. The number of carbonyl (C=O) groups is 1. The van der Waals surface area contributed by atoms with E-state index in [4.69, 9.17) is 0 Å². The van der Waals surface area contributed by atoms with Gasteiger partial charge in [0.15, 0.2) is 0 Å². The Kier molecular flexibility index (Phi) is 7.18. The van der Waals surface area contributed by atoms with Gasteiger partial charge in [-0.25, -0.2) is 0 Å². The maximum atomic E-state index is 11.3. The van der Waals surface area contributed by atoms with Crippen molar-refractivity contribution in [1.29, 1.82) is 0 Å². The first-order valence-electron chi connectivity index (χ1n) is 7.08. The average Bonchev–Trinajstić information content (AvgIpc) is 2.88. The molecule has 1 amide bonds. The zero-order chi connectivity index (χ0) is 14.1. The lowest BCUT2D eigenvalue weighted by Gasteiger charge is -2.14. The fourth-order valence-electron chi connectivity index (χ4n) is 1.71. The van der Waals surface area contributed by atoms with Gasteiger partial charge >= 0.3 is 0 Å². The smallest absolute Gasteiger partial charge is 0.222 e. The highest BCUT2D eigenvalue weighted by atomic mass is 16.1. The van der Waals surface area contributed by atoms with Crippen LogP contribution >= 0.6 is 0 Å². The minimum absolute atomic E-state index is 0.0703. The van der Waals surface area contributed by atoms with Gasteiger partial charge in [-0.1, -0.05) is 13.8 Å². The first-order valence-corrected chi connectivity index (χ1v) is 7.08. The van der Waals surface area contributed by atoms with Crippen LogP contribution in [-0.4, -0.2) is 34.8 Å². The van der Waals surface area contributed by atoms with Crippen LogP contribution in [0.5, 0.6) is 0 Å². The van der Waals surface area contributed by atoms with Crippen molar-refractivity contribution in [2.24, 2.45) is 5.92 Å². The molecule has 0 aromatic carbocycles. The monoisotopic (exact) mass is 266 g/mol. The molecule has 5 heteroatoms. The predicted octanol–water partition coefficient (Wildman–Crippen LogP) is 1.41. The van der Waals surface area contributed by atoms with Crippen LogP contribution in [0.15, 0.2) is 18.5 Å². The molecule has 1 rings (SSSR count). The second-order valence-electron chi connectivity index (χ2n) is 5.21. The number of carbonyl (C=O) groups excluding carboxylic acids is 1. The van der Waals surface area contributed by atoms with E-state index >= 15 is 0 Å². The van der Waals surface area contributed by atoms with Gasteiger partial charge in [0.25, 0.3) is 0 Å². The minimum atomic E-state index is 0.0703. The Balaban J connectivity index is 1.98. The lowest BCUT2D eigenvalue weighted by molar-refractivity contribution is -0.123. The fourth-order valence-corrected chi connectivity index (χ4v) is 1.71. The van der Waals surface area contributed by atoms with Gasteiger partial charge in [-0.2, -0.15) is 5.10 Å². The number of rotatable bonds is 9. The van der Waals surface area contributed by atoms with Gasteiger partial charge in [-0.3, -0.25) is 9.48 Å². The molecular formula is C14H26N4O. The summed E-state index contributed by atoms with van der Waals surface area (Å²) in [6, 6.07) is 2.40. The first kappa shape index (κ1) is 15.7. The summed E-state index contributed by atoms with van der Waals surface area (Å²) in [5.41, 5.74) is 0. The van der Waals surface area contributed by atoms with Gasteiger partial charge in [0, 0.05) is 37.4 Å². The maximum Gasteiger partial charge on any atom is 0.222 e. The molecule has 0 saturated heterocycles. The van der Waals surface area contributed by atoms with Crippen LogP contribution in [0.1, 0.15) is 33.6 Å². The van der Waals surface area contributed by atoms with E-state index in [0.717, 1.165) is 32.5 Å². The van der Waals surface area contributed by atoms with Gasteiger partial charge in [0.2, 0.25) is 5.91 Å². The zero-order valence-electron chi connectivity index (χ0n) is 12.2. The van der Waals surface area contributed by atoms with E-state index in [-0.39, 0.29) is 11.8 Å². The van der Waals surface area contributed by atoms with Crippen LogP contribution in [-0.2, 0) is 11.3 Å². The van der Waals surface area contributed by atoms with Gasteiger partial charge in [-0.15, -0.1) is 0 Å². The van der Waals surface area contributed by atoms with E-state index in [0.29, 0.717) is 6.04 Å². The van der Waals surface area contributed by atoms with Crippen molar-refractivity contribution in [1.82, 2.24) is 20.4 Å². The summed E-state index contributed by atoms with van der Waals surface area (Å²) in [6.45, 7) is 8.60. The van der Waals surface area contributed by atoms with Gasteiger partial charge < -0.3 is 10.6 Å². The van der Waals surface area contributed by atoms with Crippen molar-refractivity contribution >= 4 is 5.91 Å². The molecule has 108 valence electrons. The number of hydrogen-bond acceptors (Lipinski definition) is 3. The second-order valence-corrected chi connectivity index (χ2v) is 5.21. The maximum absolute atomic E-state index is 11.3. The van der Waals surface area contributed by atoms with Crippen molar-refractivity contribution in [2.75, 3.05) is 13.1 Å². The molecule has 0 aliphatic carbocycles. The molecule has 0 radical (unpaired) electrons. The highest BCUT2D eigenvalue weighted by Crippen LogP contribution is 1.95. The lowest BCUT2D eigenvalue weighted by atomic mass is 10.2. The molecule has 1 aromatic rings. The SMILES string of the molecule is CC(C)C(=O)NCCCN[C@H](C)CCn1cccn1. The van der Waals surface area contributed by atoms with E-state index in [2.05, 4.69) is 22.7 Å². The Morgan fingerprint density at radius 2 is 2.11 bits per heavy atom. The van der Waals surface area contributed by atoms with Gasteiger partial charge in [0.05, 0.1) is 0 Å². The molecule has 1 atom stereocenters. The van der Waals surface area contributed by atoms with Crippen molar-refractivity contribution in [3.63, 3.8) is 0 Å². The summed E-state index contributed by atoms with van der Waals surface area (Å²) >= 11 is 0. The number of nitrogens with zero attached hydrogens (tertiary/aromatic N) is 2. The van der Waals surface area contributed by atoms with Crippen LogP contribution in [0.3, 0.4) is 0 Å². The summed E-state index contributed by atoms with van der Waals surface area (Å²) < 4.78 is 1.95. The van der Waals surface area contributed by atoms with Crippen LogP contribution in [0, 0.1) is 5.92 Å². The molecule has 0 fully saturated rings. The molecule has 0 spiro atoms. The number of hydrogen-bond donors (Lipinski definition) is 2. The molecular weight excluding hydrogens is 240 g/mol. The van der Waals surface area contributed by atoms with E-state index in [1.54, 1.807) is 6.20 Å². The minimum Gasteiger partial charge on any atom is -0.356 e. The van der Waals surface area contributed by atoms with Crippen LogP contribution < -0.4 is 10.6 Å². The quantitative estimate of drug-likeness (QED) is 0.665. The van der Waals surface area contributed by atoms with E-state index in [9.17, 15) is 4.79 Å². The molecule has 2 N–H and O–H groups in total. The van der Waals surface area contributed by atoms with Gasteiger partial charge in [0.1, 0.15) is 0 Å². The van der Waals surface area contributed by atoms with Gasteiger partial charge in [-0.05, 0) is 32.4 Å². The Labute approximate surface area is 115 Å². The van der Waals surface area contributed by atoms with E-state index < -0.39 is 0 Å². The molecule has 5 nitrogen and oxygen atoms in total. The third kappa shape index (κ3) is 6.96. The summed E-state index contributed by atoms with van der Waals surface area (Å²) in [5, 5.41) is 10.5. The second kappa shape index (κ2) is 8.69. The molecule has 0 unspecified atom stereocenters. The Hall–Kier alpha value is -1.36. The largest absolute Gasteiger partial charge is 0.356 e. The normalized spacial score (nSPS) is 12.6. The van der Waals surface area contributed by atoms with E-state index in [1.807, 2.05) is 30.8 Å². The number of nitrogens with one attached hydrogen (secondary N) is 2. The third-order valence-electron chi connectivity index (χ3n) is 3.02. The van der Waals surface area contributed by atoms with Crippen LogP contribution in [0.2, 0.25) is 0 Å². The summed E-state index contributed by atoms with van der Waals surface area (Å²) in [4.78, 5) is 11.3. The summed E-state index contributed by atoms with van der Waals surface area (Å²) in [6.07, 6.45) is 5.80. The van der Waals surface area contributed by atoms with E-state index in [1.165, 1.54) is 0 Å². The Bertz CT molecular complexity index is 348. The van der Waals surface area contributed by atoms with Crippen LogP contribution in [0.4, 0.5) is 0 Å². The Morgan fingerprint density at radius 3 is 2.74 bits per heavy atom. The lowest BCUT2D eigenvalue weighted by Crippen LogP contribution is -2.33. The molecule has 0 bridgehead atoms. The zero-order valence-corrected chi connectivity index (χ0v) is 12.2.